The van der Waals surface area contributed by atoms with E-state index < -0.39 is 5.97 Å². The molecule has 100 valence electrons. The summed E-state index contributed by atoms with van der Waals surface area (Å²) in [5, 5.41) is 8.79. The van der Waals surface area contributed by atoms with Crippen molar-refractivity contribution < 1.29 is 14.3 Å². The Kier molecular flexibility index (Phi) is 4.04. The molecule has 0 atom stereocenters. The van der Waals surface area contributed by atoms with Crippen molar-refractivity contribution in [2.24, 2.45) is 0 Å². The first-order valence-electron chi connectivity index (χ1n) is 6.27. The minimum atomic E-state index is -1.01. The molecular weight excluding hydrogens is 232 g/mol. The van der Waals surface area contributed by atoms with Gasteiger partial charge in [0.1, 0.15) is 5.76 Å². The van der Waals surface area contributed by atoms with Gasteiger partial charge in [-0.25, -0.2) is 4.79 Å². The van der Waals surface area contributed by atoms with Crippen molar-refractivity contribution in [3.63, 3.8) is 0 Å². The normalized spacial score (nSPS) is 18.4. The topological polar surface area (TPSA) is 56.9 Å². The van der Waals surface area contributed by atoms with Crippen molar-refractivity contribution in [1.29, 1.82) is 0 Å². The Morgan fingerprint density at radius 2 is 2.11 bits per heavy atom. The predicted octanol–water partition coefficient (Wildman–Crippen LogP) is 1.50. The van der Waals surface area contributed by atoms with Gasteiger partial charge in [-0.15, -0.1) is 0 Å². The number of carboxylic acid groups (broad SMARTS) is 1. The van der Waals surface area contributed by atoms with E-state index in [1.807, 2.05) is 0 Å². The maximum atomic E-state index is 10.7. The van der Waals surface area contributed by atoms with Crippen LogP contribution < -0.4 is 0 Å². The molecule has 1 aromatic heterocycles. The van der Waals surface area contributed by atoms with Crippen molar-refractivity contribution in [2.45, 2.75) is 25.4 Å². The number of likely N-dealkylation sites (tertiary alicyclic amines) is 1. The van der Waals surface area contributed by atoms with Crippen LogP contribution in [0.15, 0.2) is 16.5 Å². The first-order chi connectivity index (χ1) is 8.56. The summed E-state index contributed by atoms with van der Waals surface area (Å²) in [7, 11) is 4.23. The van der Waals surface area contributed by atoms with Gasteiger partial charge in [-0.3, -0.25) is 4.90 Å². The van der Waals surface area contributed by atoms with Gasteiger partial charge in [-0.2, -0.15) is 0 Å². The van der Waals surface area contributed by atoms with Crippen molar-refractivity contribution in [3.8, 4) is 0 Å². The van der Waals surface area contributed by atoms with Crippen LogP contribution >= 0.6 is 0 Å². The Bertz CT molecular complexity index is 406. The van der Waals surface area contributed by atoms with E-state index in [9.17, 15) is 4.79 Å². The van der Waals surface area contributed by atoms with E-state index in [-0.39, 0.29) is 5.76 Å². The maximum Gasteiger partial charge on any atom is 0.371 e. The molecule has 1 aliphatic heterocycles. The average Bonchev–Trinajstić information content (AvgIpc) is 2.78. The molecule has 2 rings (SSSR count). The molecule has 5 heteroatoms. The molecule has 0 aliphatic carbocycles. The number of rotatable bonds is 4. The van der Waals surface area contributed by atoms with Gasteiger partial charge in [-0.1, -0.05) is 0 Å². The van der Waals surface area contributed by atoms with Gasteiger partial charge in [0.25, 0.3) is 0 Å². The SMILES string of the molecule is CN(C)C1CCN(Cc2ccc(C(=O)O)o2)CC1. The second-order valence-electron chi connectivity index (χ2n) is 5.04. The zero-order valence-corrected chi connectivity index (χ0v) is 10.9. The quantitative estimate of drug-likeness (QED) is 0.880. The van der Waals surface area contributed by atoms with E-state index in [0.29, 0.717) is 12.6 Å². The Hall–Kier alpha value is -1.33. The minimum absolute atomic E-state index is 0.0215. The summed E-state index contributed by atoms with van der Waals surface area (Å²) < 4.78 is 5.27. The summed E-state index contributed by atoms with van der Waals surface area (Å²) in [6.07, 6.45) is 2.30. The number of aromatic carboxylic acids is 1. The highest BCUT2D eigenvalue weighted by atomic mass is 16.4. The first-order valence-corrected chi connectivity index (χ1v) is 6.27. The lowest BCUT2D eigenvalue weighted by molar-refractivity contribution is 0.0656. The van der Waals surface area contributed by atoms with Crippen LogP contribution in [0.2, 0.25) is 0 Å². The zero-order chi connectivity index (χ0) is 13.1. The van der Waals surface area contributed by atoms with Crippen LogP contribution in [-0.4, -0.2) is 54.1 Å². The fraction of sp³-hybridized carbons (Fsp3) is 0.615. The fourth-order valence-electron chi connectivity index (χ4n) is 2.39. The summed E-state index contributed by atoms with van der Waals surface area (Å²) >= 11 is 0. The smallest absolute Gasteiger partial charge is 0.371 e. The Morgan fingerprint density at radius 3 is 2.61 bits per heavy atom. The lowest BCUT2D eigenvalue weighted by Gasteiger charge is -2.34. The molecule has 0 spiro atoms. The van der Waals surface area contributed by atoms with Crippen molar-refractivity contribution in [1.82, 2.24) is 9.80 Å². The van der Waals surface area contributed by atoms with Crippen LogP contribution in [0.4, 0.5) is 0 Å². The molecule has 18 heavy (non-hydrogen) atoms. The molecule has 1 N–H and O–H groups in total. The van der Waals surface area contributed by atoms with E-state index in [2.05, 4.69) is 23.9 Å². The van der Waals surface area contributed by atoms with E-state index in [1.54, 1.807) is 6.07 Å². The lowest BCUT2D eigenvalue weighted by atomic mass is 10.0. The molecule has 0 bridgehead atoms. The van der Waals surface area contributed by atoms with Crippen LogP contribution in [0.1, 0.15) is 29.2 Å². The van der Waals surface area contributed by atoms with Crippen LogP contribution in [0, 0.1) is 0 Å². The van der Waals surface area contributed by atoms with Crippen molar-refractivity contribution >= 4 is 5.97 Å². The van der Waals surface area contributed by atoms with Gasteiger partial charge in [0, 0.05) is 19.1 Å². The number of furan rings is 1. The number of carbonyl (C=O) groups is 1. The van der Waals surface area contributed by atoms with Gasteiger partial charge in [0.2, 0.25) is 5.76 Å². The average molecular weight is 252 g/mol. The molecular formula is C13H20N2O3. The summed E-state index contributed by atoms with van der Waals surface area (Å²) in [6.45, 7) is 2.77. The maximum absolute atomic E-state index is 10.7. The lowest BCUT2D eigenvalue weighted by Crippen LogP contribution is -2.41. The highest BCUT2D eigenvalue weighted by Crippen LogP contribution is 2.17. The molecule has 2 heterocycles. The van der Waals surface area contributed by atoms with Gasteiger partial charge < -0.3 is 14.4 Å². The van der Waals surface area contributed by atoms with Crippen LogP contribution in [0.3, 0.4) is 0 Å². The van der Waals surface area contributed by atoms with E-state index in [1.165, 1.54) is 6.07 Å². The van der Waals surface area contributed by atoms with E-state index in [0.717, 1.165) is 31.7 Å². The Balaban J connectivity index is 1.85. The van der Waals surface area contributed by atoms with E-state index in [4.69, 9.17) is 9.52 Å². The molecule has 1 saturated heterocycles. The Morgan fingerprint density at radius 1 is 1.44 bits per heavy atom. The molecule has 0 unspecified atom stereocenters. The molecule has 5 nitrogen and oxygen atoms in total. The van der Waals surface area contributed by atoms with Crippen LogP contribution in [0.25, 0.3) is 0 Å². The predicted molar refractivity (Wildman–Crippen MR) is 67.7 cm³/mol. The highest BCUT2D eigenvalue weighted by Gasteiger charge is 2.21. The monoisotopic (exact) mass is 252 g/mol. The van der Waals surface area contributed by atoms with Crippen LogP contribution in [-0.2, 0) is 6.54 Å². The summed E-state index contributed by atoms with van der Waals surface area (Å²) in [5.41, 5.74) is 0. The third-order valence-electron chi connectivity index (χ3n) is 3.54. The molecule has 0 radical (unpaired) electrons. The summed E-state index contributed by atoms with van der Waals surface area (Å²) in [5.74, 6) is -0.253. The first kappa shape index (κ1) is 13.1. The molecule has 1 aromatic rings. The highest BCUT2D eigenvalue weighted by molar-refractivity contribution is 5.84. The molecule has 1 fully saturated rings. The standard InChI is InChI=1S/C13H20N2O3/c1-14(2)10-5-7-15(8-6-10)9-11-3-4-12(18-11)13(16)17/h3-4,10H,5-9H2,1-2H3,(H,16,17). The number of hydrogen-bond acceptors (Lipinski definition) is 4. The van der Waals surface area contributed by atoms with E-state index >= 15 is 0 Å². The number of piperidine rings is 1. The molecule has 0 amide bonds. The second-order valence-corrected chi connectivity index (χ2v) is 5.04. The van der Waals surface area contributed by atoms with Gasteiger partial charge in [0.15, 0.2) is 0 Å². The van der Waals surface area contributed by atoms with Crippen molar-refractivity contribution in [3.05, 3.63) is 23.7 Å². The van der Waals surface area contributed by atoms with Crippen molar-refractivity contribution in [2.75, 3.05) is 27.2 Å². The van der Waals surface area contributed by atoms with Gasteiger partial charge >= 0.3 is 5.97 Å². The summed E-state index contributed by atoms with van der Waals surface area (Å²) in [4.78, 5) is 15.3. The Labute approximate surface area is 107 Å². The third-order valence-corrected chi connectivity index (χ3v) is 3.54. The fourth-order valence-corrected chi connectivity index (χ4v) is 2.39. The minimum Gasteiger partial charge on any atom is -0.475 e. The van der Waals surface area contributed by atoms with Gasteiger partial charge in [0.05, 0.1) is 6.54 Å². The number of hydrogen-bond donors (Lipinski definition) is 1. The largest absolute Gasteiger partial charge is 0.475 e. The number of carboxylic acids is 1. The summed E-state index contributed by atoms with van der Waals surface area (Å²) in [6, 6.07) is 3.93. The number of nitrogens with zero attached hydrogens (tertiary/aromatic N) is 2. The second kappa shape index (κ2) is 5.54. The van der Waals surface area contributed by atoms with Gasteiger partial charge in [-0.05, 0) is 39.1 Å². The van der Waals surface area contributed by atoms with Crippen LogP contribution in [0.5, 0.6) is 0 Å². The molecule has 1 aliphatic rings. The zero-order valence-electron chi connectivity index (χ0n) is 10.9. The molecule has 0 saturated carbocycles. The molecule has 0 aromatic carbocycles. The third kappa shape index (κ3) is 3.11.